The fourth-order valence-electron chi connectivity index (χ4n) is 2.57. The summed E-state index contributed by atoms with van der Waals surface area (Å²) < 4.78 is 5.88. The summed E-state index contributed by atoms with van der Waals surface area (Å²) in [4.78, 5) is 21.4. The van der Waals surface area contributed by atoms with E-state index in [1.54, 1.807) is 24.3 Å². The van der Waals surface area contributed by atoms with Crippen molar-refractivity contribution in [1.29, 1.82) is 0 Å². The van der Waals surface area contributed by atoms with Crippen LogP contribution in [0, 0.1) is 6.92 Å². The highest BCUT2D eigenvalue weighted by molar-refractivity contribution is 7.12. The van der Waals surface area contributed by atoms with Gasteiger partial charge in [0.25, 0.3) is 5.91 Å². The van der Waals surface area contributed by atoms with Crippen molar-refractivity contribution in [2.75, 3.05) is 5.32 Å². The second kappa shape index (κ2) is 6.93. The number of para-hydroxylation sites is 1. The third kappa shape index (κ3) is 3.27. The van der Waals surface area contributed by atoms with E-state index in [1.165, 1.54) is 17.7 Å². The van der Waals surface area contributed by atoms with Crippen LogP contribution >= 0.6 is 11.3 Å². The lowest BCUT2D eigenvalue weighted by atomic mass is 10.2. The summed E-state index contributed by atoms with van der Waals surface area (Å²) >= 11 is 1.43. The van der Waals surface area contributed by atoms with Crippen molar-refractivity contribution in [3.05, 3.63) is 76.7 Å². The highest BCUT2D eigenvalue weighted by Gasteiger charge is 2.11. The molecule has 26 heavy (non-hydrogen) atoms. The molecule has 0 aliphatic carbocycles. The van der Waals surface area contributed by atoms with Crippen LogP contribution in [0.1, 0.15) is 15.2 Å². The van der Waals surface area contributed by atoms with Gasteiger partial charge < -0.3 is 10.1 Å². The predicted molar refractivity (Wildman–Crippen MR) is 103 cm³/mol. The van der Waals surface area contributed by atoms with Gasteiger partial charge >= 0.3 is 0 Å². The normalized spacial score (nSPS) is 10.7. The van der Waals surface area contributed by atoms with Crippen LogP contribution in [0.25, 0.3) is 10.9 Å². The molecule has 128 valence electrons. The van der Waals surface area contributed by atoms with Gasteiger partial charge in [-0.25, -0.2) is 9.97 Å². The molecule has 0 aliphatic rings. The second-order valence-electron chi connectivity index (χ2n) is 5.71. The average Bonchev–Trinajstić information content (AvgIpc) is 3.10. The Labute approximate surface area is 154 Å². The lowest BCUT2D eigenvalue weighted by Crippen LogP contribution is -2.11. The third-order valence-corrected chi connectivity index (χ3v) is 4.92. The minimum atomic E-state index is -0.104. The van der Waals surface area contributed by atoms with E-state index < -0.39 is 0 Å². The van der Waals surface area contributed by atoms with E-state index in [0.29, 0.717) is 17.3 Å². The van der Waals surface area contributed by atoms with E-state index >= 15 is 0 Å². The number of aromatic nitrogens is 2. The smallest absolute Gasteiger partial charge is 0.265 e. The first-order chi connectivity index (χ1) is 12.7. The van der Waals surface area contributed by atoms with Crippen LogP contribution in [0.2, 0.25) is 0 Å². The van der Waals surface area contributed by atoms with Crippen LogP contribution < -0.4 is 10.1 Å². The number of nitrogens with one attached hydrogen (secondary N) is 1. The molecule has 0 saturated heterocycles. The Balaban J connectivity index is 1.51. The van der Waals surface area contributed by atoms with Gasteiger partial charge in [0.15, 0.2) is 0 Å². The SMILES string of the molecule is Cc1ccsc1C(=O)Nc1ccc(Oc2ncnc3ccccc23)cc1. The van der Waals surface area contributed by atoms with Crippen molar-refractivity contribution in [1.82, 2.24) is 9.97 Å². The third-order valence-electron chi connectivity index (χ3n) is 3.90. The summed E-state index contributed by atoms with van der Waals surface area (Å²) in [5, 5.41) is 5.65. The largest absolute Gasteiger partial charge is 0.438 e. The molecule has 5 nitrogen and oxygen atoms in total. The highest BCUT2D eigenvalue weighted by Crippen LogP contribution is 2.27. The van der Waals surface area contributed by atoms with Crippen LogP contribution in [0.4, 0.5) is 5.69 Å². The Morgan fingerprint density at radius 2 is 1.85 bits per heavy atom. The number of thiophene rings is 1. The number of carbonyl (C=O) groups excluding carboxylic acids is 1. The van der Waals surface area contributed by atoms with Gasteiger partial charge in [-0.15, -0.1) is 11.3 Å². The van der Waals surface area contributed by atoms with Crippen molar-refractivity contribution in [2.24, 2.45) is 0 Å². The van der Waals surface area contributed by atoms with Gasteiger partial charge in [0, 0.05) is 5.69 Å². The Hall–Kier alpha value is -3.25. The fourth-order valence-corrected chi connectivity index (χ4v) is 3.39. The summed E-state index contributed by atoms with van der Waals surface area (Å²) in [7, 11) is 0. The standard InChI is InChI=1S/C20H15N3O2S/c1-13-10-11-26-18(13)19(24)23-14-6-8-15(9-7-14)25-20-16-4-2-3-5-17(16)21-12-22-20/h2-12H,1H3,(H,23,24). The van der Waals surface area contributed by atoms with Gasteiger partial charge in [0.1, 0.15) is 12.1 Å². The molecule has 0 atom stereocenters. The first-order valence-electron chi connectivity index (χ1n) is 8.04. The highest BCUT2D eigenvalue weighted by atomic mass is 32.1. The molecule has 4 aromatic rings. The molecule has 6 heteroatoms. The van der Waals surface area contributed by atoms with E-state index in [1.807, 2.05) is 42.6 Å². The Morgan fingerprint density at radius 3 is 2.62 bits per heavy atom. The lowest BCUT2D eigenvalue weighted by Gasteiger charge is -2.09. The van der Waals surface area contributed by atoms with Crippen molar-refractivity contribution in [3.8, 4) is 11.6 Å². The van der Waals surface area contributed by atoms with E-state index in [9.17, 15) is 4.79 Å². The molecule has 2 aromatic heterocycles. The molecule has 0 saturated carbocycles. The summed E-state index contributed by atoms with van der Waals surface area (Å²) in [6.45, 7) is 1.92. The molecule has 2 heterocycles. The van der Waals surface area contributed by atoms with Crippen LogP contribution in [-0.2, 0) is 0 Å². The van der Waals surface area contributed by atoms with E-state index in [4.69, 9.17) is 4.74 Å². The molecule has 0 bridgehead atoms. The van der Waals surface area contributed by atoms with Gasteiger partial charge in [0.05, 0.1) is 15.8 Å². The van der Waals surface area contributed by atoms with Crippen molar-refractivity contribution in [3.63, 3.8) is 0 Å². The van der Waals surface area contributed by atoms with E-state index in [-0.39, 0.29) is 5.91 Å². The van der Waals surface area contributed by atoms with Gasteiger partial charge in [-0.3, -0.25) is 4.79 Å². The Morgan fingerprint density at radius 1 is 1.04 bits per heavy atom. The number of hydrogen-bond donors (Lipinski definition) is 1. The molecule has 0 unspecified atom stereocenters. The number of ether oxygens (including phenoxy) is 1. The summed E-state index contributed by atoms with van der Waals surface area (Å²) in [6.07, 6.45) is 1.48. The van der Waals surface area contributed by atoms with Gasteiger partial charge in [-0.1, -0.05) is 12.1 Å². The average molecular weight is 361 g/mol. The lowest BCUT2D eigenvalue weighted by molar-refractivity contribution is 0.103. The maximum atomic E-state index is 12.3. The first-order valence-corrected chi connectivity index (χ1v) is 8.92. The predicted octanol–water partition coefficient (Wildman–Crippen LogP) is 5.04. The minimum absolute atomic E-state index is 0.104. The fraction of sp³-hybridized carbons (Fsp3) is 0.0500. The van der Waals surface area contributed by atoms with E-state index in [0.717, 1.165) is 21.3 Å². The molecule has 0 radical (unpaired) electrons. The number of nitrogens with zero attached hydrogens (tertiary/aromatic N) is 2. The zero-order chi connectivity index (χ0) is 17.9. The number of aryl methyl sites for hydroxylation is 1. The molecule has 1 N–H and O–H groups in total. The summed E-state index contributed by atoms with van der Waals surface area (Å²) in [5.41, 5.74) is 2.51. The van der Waals surface area contributed by atoms with Gasteiger partial charge in [-0.05, 0) is 60.3 Å². The van der Waals surface area contributed by atoms with Crippen molar-refractivity contribution >= 4 is 33.8 Å². The number of anilines is 1. The molecule has 4 rings (SSSR count). The molecule has 1 amide bonds. The number of amides is 1. The van der Waals surface area contributed by atoms with Crippen LogP contribution in [-0.4, -0.2) is 15.9 Å². The first kappa shape index (κ1) is 16.2. The van der Waals surface area contributed by atoms with Crippen molar-refractivity contribution in [2.45, 2.75) is 6.92 Å². The molecule has 2 aromatic carbocycles. The quantitative estimate of drug-likeness (QED) is 0.553. The molecule has 0 aliphatic heterocycles. The Kier molecular flexibility index (Phi) is 4.33. The molecule has 0 spiro atoms. The molecular weight excluding hydrogens is 346 g/mol. The van der Waals surface area contributed by atoms with Crippen LogP contribution in [0.15, 0.2) is 66.3 Å². The maximum absolute atomic E-state index is 12.3. The molecule has 0 fully saturated rings. The van der Waals surface area contributed by atoms with Crippen molar-refractivity contribution < 1.29 is 9.53 Å². The van der Waals surface area contributed by atoms with Crippen LogP contribution in [0.5, 0.6) is 11.6 Å². The summed E-state index contributed by atoms with van der Waals surface area (Å²) in [6, 6.07) is 16.8. The summed E-state index contributed by atoms with van der Waals surface area (Å²) in [5.74, 6) is 1.04. The number of benzene rings is 2. The minimum Gasteiger partial charge on any atom is -0.438 e. The number of rotatable bonds is 4. The number of carbonyl (C=O) groups is 1. The van der Waals surface area contributed by atoms with Gasteiger partial charge in [-0.2, -0.15) is 0 Å². The second-order valence-corrected chi connectivity index (χ2v) is 6.63. The zero-order valence-corrected chi connectivity index (χ0v) is 14.8. The maximum Gasteiger partial charge on any atom is 0.265 e. The number of hydrogen-bond acceptors (Lipinski definition) is 5. The van der Waals surface area contributed by atoms with Gasteiger partial charge in [0.2, 0.25) is 5.88 Å². The zero-order valence-electron chi connectivity index (χ0n) is 14.0. The van der Waals surface area contributed by atoms with Crippen LogP contribution in [0.3, 0.4) is 0 Å². The monoisotopic (exact) mass is 361 g/mol. The molecular formula is C20H15N3O2S. The Bertz CT molecular complexity index is 1070. The number of fused-ring (bicyclic) bond motifs is 1. The topological polar surface area (TPSA) is 64.1 Å². The van der Waals surface area contributed by atoms with E-state index in [2.05, 4.69) is 15.3 Å².